The van der Waals surface area contributed by atoms with Gasteiger partial charge in [0.2, 0.25) is 10.0 Å². The number of aromatic amines is 1. The van der Waals surface area contributed by atoms with Crippen molar-refractivity contribution >= 4 is 43.3 Å². The summed E-state index contributed by atoms with van der Waals surface area (Å²) in [7, 11) is -3.35. The fraction of sp³-hybridized carbons (Fsp3) is 0.500. The molecule has 5 rings (SSSR count). The second-order valence-corrected chi connectivity index (χ2v) is 10.2. The van der Waals surface area contributed by atoms with Crippen LogP contribution in [-0.4, -0.2) is 66.1 Å². The Morgan fingerprint density at radius 3 is 2.97 bits per heavy atom. The second-order valence-electron chi connectivity index (χ2n) is 7.39. The van der Waals surface area contributed by atoms with Gasteiger partial charge in [0.05, 0.1) is 41.1 Å². The molecular weight excluding hydrogens is 412 g/mol. The molecular formula is C18H22N6O3S2. The molecule has 11 heteroatoms. The number of morpholine rings is 1. The van der Waals surface area contributed by atoms with E-state index in [2.05, 4.69) is 26.4 Å². The molecule has 2 aliphatic heterocycles. The number of hydrogen-bond donors (Lipinski definition) is 1. The monoisotopic (exact) mass is 434 g/mol. The lowest BCUT2D eigenvalue weighted by Crippen LogP contribution is -2.44. The zero-order chi connectivity index (χ0) is 20.0. The molecule has 2 saturated heterocycles. The van der Waals surface area contributed by atoms with E-state index in [-0.39, 0.29) is 11.8 Å². The number of ether oxygens (including phenoxy) is 1. The van der Waals surface area contributed by atoms with Gasteiger partial charge in [0.25, 0.3) is 0 Å². The average Bonchev–Trinajstić information content (AvgIpc) is 3.37. The summed E-state index contributed by atoms with van der Waals surface area (Å²) in [5.41, 5.74) is 2.84. The largest absolute Gasteiger partial charge is 0.377 e. The Balaban J connectivity index is 1.72. The van der Waals surface area contributed by atoms with Crippen LogP contribution in [0.15, 0.2) is 18.3 Å². The summed E-state index contributed by atoms with van der Waals surface area (Å²) < 4.78 is 38.2. The number of nitrogens with zero attached hydrogens (tertiary/aromatic N) is 5. The normalized spacial score (nSPS) is 22.3. The van der Waals surface area contributed by atoms with Crippen molar-refractivity contribution in [3.63, 3.8) is 0 Å². The van der Waals surface area contributed by atoms with Gasteiger partial charge in [-0.2, -0.15) is 9.47 Å². The van der Waals surface area contributed by atoms with Crippen LogP contribution in [0.4, 0.5) is 11.5 Å². The third-order valence-corrected chi connectivity index (χ3v) is 8.14. The van der Waals surface area contributed by atoms with Crippen molar-refractivity contribution in [2.75, 3.05) is 41.3 Å². The number of fused-ring (bicyclic) bond motifs is 1. The first kappa shape index (κ1) is 18.8. The van der Waals surface area contributed by atoms with E-state index in [0.29, 0.717) is 49.6 Å². The molecule has 29 heavy (non-hydrogen) atoms. The lowest BCUT2D eigenvalue weighted by atomic mass is 10.2. The molecule has 1 atom stereocenters. The number of aromatic nitrogens is 4. The standard InChI is InChI=1S/C18H22N6O3S2/c1-12-11-27-8-7-23(12)15-10-14(24-6-2-3-9-29(24,25)26)18-17(20-15)16(22-28-18)13-4-5-19-21-13/h4-5,10,12H,2-3,6-9,11H2,1H3,(H,19,21)/t12-/m1/s1. The van der Waals surface area contributed by atoms with Crippen LogP contribution in [0.3, 0.4) is 0 Å². The maximum Gasteiger partial charge on any atom is 0.235 e. The lowest BCUT2D eigenvalue weighted by molar-refractivity contribution is 0.0986. The van der Waals surface area contributed by atoms with E-state index in [1.807, 2.05) is 12.1 Å². The quantitative estimate of drug-likeness (QED) is 0.674. The van der Waals surface area contributed by atoms with Crippen LogP contribution in [0.25, 0.3) is 21.6 Å². The van der Waals surface area contributed by atoms with Gasteiger partial charge >= 0.3 is 0 Å². The minimum absolute atomic E-state index is 0.154. The topological polar surface area (TPSA) is 104 Å². The molecule has 0 aromatic carbocycles. The smallest absolute Gasteiger partial charge is 0.235 e. The minimum Gasteiger partial charge on any atom is -0.377 e. The summed E-state index contributed by atoms with van der Waals surface area (Å²) in [5.74, 6) is 0.928. The number of H-pyrrole nitrogens is 1. The molecule has 2 fully saturated rings. The van der Waals surface area contributed by atoms with E-state index in [0.717, 1.165) is 22.6 Å². The molecule has 5 heterocycles. The van der Waals surface area contributed by atoms with Crippen molar-refractivity contribution in [1.29, 1.82) is 0 Å². The average molecular weight is 435 g/mol. The first-order valence-corrected chi connectivity index (χ1v) is 12.1. The number of pyridine rings is 1. The summed E-state index contributed by atoms with van der Waals surface area (Å²) in [6.07, 6.45) is 3.21. The predicted molar refractivity (Wildman–Crippen MR) is 113 cm³/mol. The van der Waals surface area contributed by atoms with E-state index >= 15 is 0 Å². The van der Waals surface area contributed by atoms with Crippen LogP contribution in [0, 0.1) is 0 Å². The first-order chi connectivity index (χ1) is 14.0. The number of anilines is 2. The van der Waals surface area contributed by atoms with Gasteiger partial charge in [0, 0.05) is 25.4 Å². The van der Waals surface area contributed by atoms with Crippen LogP contribution in [0.1, 0.15) is 19.8 Å². The molecule has 0 saturated carbocycles. The van der Waals surface area contributed by atoms with E-state index < -0.39 is 10.0 Å². The van der Waals surface area contributed by atoms with Crippen molar-refractivity contribution in [2.24, 2.45) is 0 Å². The third-order valence-electron chi connectivity index (χ3n) is 5.43. The number of rotatable bonds is 3. The number of sulfonamides is 1. The molecule has 1 N–H and O–H groups in total. The molecule has 9 nitrogen and oxygen atoms in total. The summed E-state index contributed by atoms with van der Waals surface area (Å²) in [6.45, 7) is 4.52. The molecule has 0 radical (unpaired) electrons. The highest BCUT2D eigenvalue weighted by atomic mass is 32.2. The highest BCUT2D eigenvalue weighted by Crippen LogP contribution is 2.40. The predicted octanol–water partition coefficient (Wildman–Crippen LogP) is 2.24. The summed E-state index contributed by atoms with van der Waals surface area (Å²) >= 11 is 1.28. The van der Waals surface area contributed by atoms with Gasteiger partial charge in [-0.25, -0.2) is 13.4 Å². The summed E-state index contributed by atoms with van der Waals surface area (Å²) in [5, 5.41) is 6.97. The van der Waals surface area contributed by atoms with Crippen LogP contribution >= 0.6 is 11.5 Å². The van der Waals surface area contributed by atoms with Crippen LogP contribution in [-0.2, 0) is 14.8 Å². The van der Waals surface area contributed by atoms with Crippen LogP contribution in [0.2, 0.25) is 0 Å². The van der Waals surface area contributed by atoms with Crippen molar-refractivity contribution in [1.82, 2.24) is 19.6 Å². The van der Waals surface area contributed by atoms with Gasteiger partial charge < -0.3 is 9.64 Å². The molecule has 3 aromatic heterocycles. The Hall–Kier alpha value is -2.24. The number of hydrogen-bond acceptors (Lipinski definition) is 8. The fourth-order valence-electron chi connectivity index (χ4n) is 3.92. The molecule has 0 aliphatic carbocycles. The molecule has 0 bridgehead atoms. The lowest BCUT2D eigenvalue weighted by Gasteiger charge is -2.35. The Bertz CT molecular complexity index is 1130. The molecule has 0 unspecified atom stereocenters. The Labute approximate surface area is 172 Å². The zero-order valence-electron chi connectivity index (χ0n) is 16.0. The van der Waals surface area contributed by atoms with Crippen LogP contribution < -0.4 is 9.21 Å². The molecule has 0 amide bonds. The summed E-state index contributed by atoms with van der Waals surface area (Å²) in [6, 6.07) is 3.90. The van der Waals surface area contributed by atoms with E-state index in [1.165, 1.54) is 11.5 Å². The van der Waals surface area contributed by atoms with Gasteiger partial charge in [-0.1, -0.05) is 0 Å². The Morgan fingerprint density at radius 1 is 1.31 bits per heavy atom. The third kappa shape index (κ3) is 3.26. The van der Waals surface area contributed by atoms with Crippen LogP contribution in [0.5, 0.6) is 0 Å². The molecule has 3 aromatic rings. The molecule has 0 spiro atoms. The second kappa shape index (κ2) is 7.22. The maximum absolute atomic E-state index is 12.9. The van der Waals surface area contributed by atoms with Crippen molar-refractivity contribution in [3.05, 3.63) is 18.3 Å². The van der Waals surface area contributed by atoms with E-state index in [9.17, 15) is 8.42 Å². The van der Waals surface area contributed by atoms with Gasteiger partial charge in [-0.05, 0) is 37.4 Å². The minimum atomic E-state index is -3.35. The first-order valence-electron chi connectivity index (χ1n) is 9.69. The fourth-order valence-corrected chi connectivity index (χ4v) is 6.47. The molecule has 154 valence electrons. The van der Waals surface area contributed by atoms with Gasteiger partial charge in [-0.3, -0.25) is 9.40 Å². The van der Waals surface area contributed by atoms with Crippen molar-refractivity contribution in [2.45, 2.75) is 25.8 Å². The SMILES string of the molecule is C[C@@H]1COCCN1c1cc(N2CCCCS2(=O)=O)c2snc(-c3ccn[nH]3)c2n1. The Morgan fingerprint density at radius 2 is 2.21 bits per heavy atom. The highest BCUT2D eigenvalue weighted by Gasteiger charge is 2.31. The van der Waals surface area contributed by atoms with Gasteiger partial charge in [0.15, 0.2) is 0 Å². The Kier molecular flexibility index (Phi) is 4.67. The van der Waals surface area contributed by atoms with Crippen molar-refractivity contribution in [3.8, 4) is 11.4 Å². The zero-order valence-corrected chi connectivity index (χ0v) is 17.7. The highest BCUT2D eigenvalue weighted by molar-refractivity contribution is 7.92. The summed E-state index contributed by atoms with van der Waals surface area (Å²) in [4.78, 5) is 7.10. The molecule has 2 aliphatic rings. The van der Waals surface area contributed by atoms with E-state index in [4.69, 9.17) is 9.72 Å². The number of nitrogens with one attached hydrogen (secondary N) is 1. The maximum atomic E-state index is 12.9. The van der Waals surface area contributed by atoms with Gasteiger partial charge in [0.1, 0.15) is 17.0 Å². The van der Waals surface area contributed by atoms with E-state index in [1.54, 1.807) is 10.5 Å². The van der Waals surface area contributed by atoms with Crippen molar-refractivity contribution < 1.29 is 13.2 Å². The van der Waals surface area contributed by atoms with Gasteiger partial charge in [-0.15, -0.1) is 0 Å².